The van der Waals surface area contributed by atoms with Gasteiger partial charge in [0.1, 0.15) is 11.6 Å². The number of hydrogen-bond donors (Lipinski definition) is 1. The molecule has 146 valence electrons. The van der Waals surface area contributed by atoms with Gasteiger partial charge in [0, 0.05) is 23.1 Å². The maximum absolute atomic E-state index is 12.6. The minimum absolute atomic E-state index is 0.172. The van der Waals surface area contributed by atoms with Crippen molar-refractivity contribution in [3.63, 3.8) is 0 Å². The monoisotopic (exact) mass is 375 g/mol. The zero-order chi connectivity index (χ0) is 20.3. The normalized spacial score (nSPS) is 15.3. The van der Waals surface area contributed by atoms with E-state index < -0.39 is 0 Å². The molecule has 3 rings (SSSR count). The van der Waals surface area contributed by atoms with E-state index in [1.807, 2.05) is 13.0 Å². The Hall–Kier alpha value is -2.80. The van der Waals surface area contributed by atoms with Crippen molar-refractivity contribution in [3.05, 3.63) is 57.9 Å². The molecule has 0 spiro atoms. The number of carbonyl (C=O) groups excluding carboxylic acids is 1. The number of amides is 1. The summed E-state index contributed by atoms with van der Waals surface area (Å²) in [6.45, 7) is 8.27. The van der Waals surface area contributed by atoms with Gasteiger partial charge in [0.15, 0.2) is 0 Å². The summed E-state index contributed by atoms with van der Waals surface area (Å²) in [6, 6.07) is 10.8. The maximum Gasteiger partial charge on any atom is 0.262 e. The first kappa shape index (κ1) is 19.9. The van der Waals surface area contributed by atoms with Crippen molar-refractivity contribution in [3.8, 4) is 11.8 Å². The number of aryl methyl sites for hydroxylation is 3. The van der Waals surface area contributed by atoms with Gasteiger partial charge in [-0.15, -0.1) is 0 Å². The standard InChI is InChI=1S/C24H29N3O/c1-16-10-17(2)12-23(11-16)27-18(3)13-20(19(27)4)14-21(15-25)24(28)26-22-8-6-5-7-9-22/h10-14,22H,5-9H2,1-4H3,(H,26,28). The highest BCUT2D eigenvalue weighted by Gasteiger charge is 2.19. The van der Waals surface area contributed by atoms with Gasteiger partial charge in [0.2, 0.25) is 0 Å². The number of carbonyl (C=O) groups is 1. The van der Waals surface area contributed by atoms with Crippen LogP contribution in [0.4, 0.5) is 0 Å². The minimum Gasteiger partial charge on any atom is -0.349 e. The van der Waals surface area contributed by atoms with Gasteiger partial charge < -0.3 is 9.88 Å². The molecule has 0 unspecified atom stereocenters. The van der Waals surface area contributed by atoms with Crippen LogP contribution in [0.1, 0.15) is 60.2 Å². The predicted molar refractivity (Wildman–Crippen MR) is 113 cm³/mol. The molecule has 1 heterocycles. The van der Waals surface area contributed by atoms with E-state index in [0.717, 1.165) is 48.3 Å². The summed E-state index contributed by atoms with van der Waals surface area (Å²) >= 11 is 0. The Labute approximate surface area is 167 Å². The van der Waals surface area contributed by atoms with Crippen LogP contribution in [0.2, 0.25) is 0 Å². The van der Waals surface area contributed by atoms with Gasteiger partial charge in [-0.2, -0.15) is 5.26 Å². The van der Waals surface area contributed by atoms with E-state index in [1.54, 1.807) is 6.08 Å². The fourth-order valence-electron chi connectivity index (χ4n) is 4.22. The van der Waals surface area contributed by atoms with Crippen molar-refractivity contribution in [1.29, 1.82) is 5.26 Å². The van der Waals surface area contributed by atoms with Gasteiger partial charge in [-0.05, 0) is 81.5 Å². The Balaban J connectivity index is 1.90. The summed E-state index contributed by atoms with van der Waals surface area (Å²) in [6.07, 6.45) is 7.26. The summed E-state index contributed by atoms with van der Waals surface area (Å²) in [4.78, 5) is 12.6. The van der Waals surface area contributed by atoms with Crippen molar-refractivity contribution in [2.45, 2.75) is 65.8 Å². The minimum atomic E-state index is -0.259. The molecular formula is C24H29N3O. The second-order valence-corrected chi connectivity index (χ2v) is 7.99. The Bertz CT molecular complexity index is 933. The van der Waals surface area contributed by atoms with E-state index in [0.29, 0.717) is 0 Å². The molecule has 0 bridgehead atoms. The van der Waals surface area contributed by atoms with Crippen LogP contribution in [0.3, 0.4) is 0 Å². The zero-order valence-electron chi connectivity index (χ0n) is 17.3. The molecule has 0 atom stereocenters. The summed E-state index contributed by atoms with van der Waals surface area (Å²) in [5, 5.41) is 12.6. The number of aromatic nitrogens is 1. The van der Waals surface area contributed by atoms with Crippen LogP contribution >= 0.6 is 0 Å². The predicted octanol–water partition coefficient (Wildman–Crippen LogP) is 5.07. The van der Waals surface area contributed by atoms with Crippen molar-refractivity contribution in [2.24, 2.45) is 0 Å². The quantitative estimate of drug-likeness (QED) is 0.599. The van der Waals surface area contributed by atoms with Gasteiger partial charge in [-0.25, -0.2) is 0 Å². The fourth-order valence-corrected chi connectivity index (χ4v) is 4.22. The van der Waals surface area contributed by atoms with Crippen LogP contribution < -0.4 is 5.32 Å². The topological polar surface area (TPSA) is 57.8 Å². The molecule has 4 nitrogen and oxygen atoms in total. The van der Waals surface area contributed by atoms with Gasteiger partial charge in [-0.3, -0.25) is 4.79 Å². The summed E-state index contributed by atoms with van der Waals surface area (Å²) in [7, 11) is 0. The number of rotatable bonds is 4. The lowest BCUT2D eigenvalue weighted by Gasteiger charge is -2.22. The lowest BCUT2D eigenvalue weighted by molar-refractivity contribution is -0.117. The lowest BCUT2D eigenvalue weighted by Crippen LogP contribution is -2.36. The van der Waals surface area contributed by atoms with Crippen LogP contribution in [0.5, 0.6) is 0 Å². The van der Waals surface area contributed by atoms with Crippen LogP contribution in [0.15, 0.2) is 29.8 Å². The fraction of sp³-hybridized carbons (Fsp3) is 0.417. The van der Waals surface area contributed by atoms with Crippen molar-refractivity contribution < 1.29 is 4.79 Å². The van der Waals surface area contributed by atoms with E-state index in [-0.39, 0.29) is 17.5 Å². The third-order valence-electron chi connectivity index (χ3n) is 5.54. The number of hydrogen-bond acceptors (Lipinski definition) is 2. The summed E-state index contributed by atoms with van der Waals surface area (Å²) in [5.74, 6) is -0.259. The lowest BCUT2D eigenvalue weighted by atomic mass is 9.95. The van der Waals surface area contributed by atoms with E-state index >= 15 is 0 Å². The number of nitrogens with one attached hydrogen (secondary N) is 1. The van der Waals surface area contributed by atoms with E-state index in [4.69, 9.17) is 0 Å². The zero-order valence-corrected chi connectivity index (χ0v) is 17.3. The molecule has 0 saturated heterocycles. The Morgan fingerprint density at radius 2 is 1.71 bits per heavy atom. The number of benzene rings is 1. The highest BCUT2D eigenvalue weighted by molar-refractivity contribution is 6.02. The van der Waals surface area contributed by atoms with Crippen LogP contribution in [-0.2, 0) is 4.79 Å². The Morgan fingerprint density at radius 3 is 2.32 bits per heavy atom. The number of nitriles is 1. The smallest absolute Gasteiger partial charge is 0.262 e. The molecule has 1 amide bonds. The van der Waals surface area contributed by atoms with E-state index in [1.165, 1.54) is 17.5 Å². The van der Waals surface area contributed by atoms with Crippen LogP contribution in [0.25, 0.3) is 11.8 Å². The average Bonchev–Trinajstić information content (AvgIpc) is 2.92. The molecule has 1 fully saturated rings. The Kier molecular flexibility index (Phi) is 6.04. The highest BCUT2D eigenvalue weighted by atomic mass is 16.1. The molecule has 1 aromatic carbocycles. The van der Waals surface area contributed by atoms with Gasteiger partial charge in [0.05, 0.1) is 0 Å². The van der Waals surface area contributed by atoms with Crippen molar-refractivity contribution >= 4 is 12.0 Å². The molecule has 0 radical (unpaired) electrons. The Morgan fingerprint density at radius 1 is 1.07 bits per heavy atom. The molecule has 1 saturated carbocycles. The first-order valence-electron chi connectivity index (χ1n) is 10.1. The molecule has 1 aromatic heterocycles. The van der Waals surface area contributed by atoms with Crippen molar-refractivity contribution in [1.82, 2.24) is 9.88 Å². The first-order valence-corrected chi connectivity index (χ1v) is 10.1. The van der Waals surface area contributed by atoms with Gasteiger partial charge >= 0.3 is 0 Å². The molecule has 4 heteroatoms. The number of nitrogens with zero attached hydrogens (tertiary/aromatic N) is 2. The summed E-state index contributed by atoms with van der Waals surface area (Å²) in [5.41, 5.74) is 6.73. The van der Waals surface area contributed by atoms with E-state index in [2.05, 4.69) is 54.9 Å². The van der Waals surface area contributed by atoms with Gasteiger partial charge in [-0.1, -0.05) is 25.3 Å². The molecule has 1 aliphatic carbocycles. The molecule has 28 heavy (non-hydrogen) atoms. The summed E-state index contributed by atoms with van der Waals surface area (Å²) < 4.78 is 2.18. The second-order valence-electron chi connectivity index (χ2n) is 7.99. The third kappa shape index (κ3) is 4.36. The van der Waals surface area contributed by atoms with Crippen molar-refractivity contribution in [2.75, 3.05) is 0 Å². The van der Waals surface area contributed by atoms with Crippen LogP contribution in [-0.4, -0.2) is 16.5 Å². The largest absolute Gasteiger partial charge is 0.349 e. The van der Waals surface area contributed by atoms with Crippen LogP contribution in [0, 0.1) is 39.0 Å². The molecule has 1 aliphatic rings. The molecule has 2 aromatic rings. The molecule has 1 N–H and O–H groups in total. The first-order chi connectivity index (χ1) is 13.4. The second kappa shape index (κ2) is 8.48. The average molecular weight is 376 g/mol. The third-order valence-corrected chi connectivity index (χ3v) is 5.54. The highest BCUT2D eigenvalue weighted by Crippen LogP contribution is 2.25. The van der Waals surface area contributed by atoms with E-state index in [9.17, 15) is 10.1 Å². The maximum atomic E-state index is 12.6. The molecule has 0 aliphatic heterocycles. The molecular weight excluding hydrogens is 346 g/mol. The SMILES string of the molecule is Cc1cc(C)cc(-n2c(C)cc(C=C(C#N)C(=O)NC3CCCCC3)c2C)c1. The van der Waals surface area contributed by atoms with Gasteiger partial charge in [0.25, 0.3) is 5.91 Å².